The lowest BCUT2D eigenvalue weighted by Gasteiger charge is -2.06. The second kappa shape index (κ2) is 3.88. The largest absolute Gasteiger partial charge is 0.394 e. The predicted molar refractivity (Wildman–Crippen MR) is 60.3 cm³/mol. The van der Waals surface area contributed by atoms with Crippen LogP contribution >= 0.6 is 15.9 Å². The average Bonchev–Trinajstić information content (AvgIpc) is 2.52. The van der Waals surface area contributed by atoms with E-state index in [1.165, 1.54) is 0 Å². The van der Waals surface area contributed by atoms with Gasteiger partial charge in [0.25, 0.3) is 0 Å². The molecule has 0 aliphatic carbocycles. The van der Waals surface area contributed by atoms with Crippen LogP contribution in [0.4, 0.5) is 0 Å². The fraction of sp³-hybridized carbons (Fsp3) is 0.333. The summed E-state index contributed by atoms with van der Waals surface area (Å²) in [5.41, 5.74) is 7.33. The summed E-state index contributed by atoms with van der Waals surface area (Å²) < 4.78 is 0.749. The second-order valence-corrected chi connectivity index (χ2v) is 4.11. The lowest BCUT2D eigenvalue weighted by Crippen LogP contribution is -2.14. The van der Waals surface area contributed by atoms with Crippen molar-refractivity contribution in [3.63, 3.8) is 0 Å². The van der Waals surface area contributed by atoms with Gasteiger partial charge in [-0.25, -0.2) is 9.97 Å². The quantitative estimate of drug-likeness (QED) is 0.761. The second-order valence-electron chi connectivity index (χ2n) is 3.32. The van der Waals surface area contributed by atoms with Crippen LogP contribution < -0.4 is 5.73 Å². The van der Waals surface area contributed by atoms with Gasteiger partial charge < -0.3 is 15.8 Å². The lowest BCUT2D eigenvalue weighted by molar-refractivity contribution is 0.268. The minimum atomic E-state index is -0.431. The molecule has 2 rings (SSSR count). The first kappa shape index (κ1) is 10.5. The SMILES string of the molecule is Cc1ncc2c(C(N)CO)c(Br)[nH]c2n1. The number of aryl methyl sites for hydroxylation is 1. The van der Waals surface area contributed by atoms with Gasteiger partial charge in [-0.2, -0.15) is 0 Å². The maximum absolute atomic E-state index is 9.04. The van der Waals surface area contributed by atoms with Crippen LogP contribution in [0.1, 0.15) is 17.4 Å². The van der Waals surface area contributed by atoms with E-state index < -0.39 is 6.04 Å². The first-order valence-electron chi connectivity index (χ1n) is 4.50. The highest BCUT2D eigenvalue weighted by Gasteiger charge is 2.16. The summed E-state index contributed by atoms with van der Waals surface area (Å²) in [7, 11) is 0. The molecule has 0 aliphatic heterocycles. The van der Waals surface area contributed by atoms with E-state index in [9.17, 15) is 0 Å². The molecule has 15 heavy (non-hydrogen) atoms. The van der Waals surface area contributed by atoms with Crippen molar-refractivity contribution in [3.05, 3.63) is 22.2 Å². The molecule has 80 valence electrons. The molecule has 6 heteroatoms. The van der Waals surface area contributed by atoms with Gasteiger partial charge in [0.15, 0.2) is 0 Å². The Morgan fingerprint density at radius 2 is 2.40 bits per heavy atom. The number of nitrogens with two attached hydrogens (primary N) is 1. The molecule has 2 heterocycles. The minimum Gasteiger partial charge on any atom is -0.394 e. The van der Waals surface area contributed by atoms with Crippen LogP contribution in [0.5, 0.6) is 0 Å². The summed E-state index contributed by atoms with van der Waals surface area (Å²) >= 11 is 3.36. The summed E-state index contributed by atoms with van der Waals surface area (Å²) in [6, 6.07) is -0.431. The van der Waals surface area contributed by atoms with E-state index in [0.717, 1.165) is 21.2 Å². The minimum absolute atomic E-state index is 0.112. The van der Waals surface area contributed by atoms with Gasteiger partial charge in [0.1, 0.15) is 11.5 Å². The van der Waals surface area contributed by atoms with Crippen LogP contribution in [0.2, 0.25) is 0 Å². The number of aliphatic hydroxyl groups excluding tert-OH is 1. The number of halogens is 1. The molecule has 2 aromatic rings. The van der Waals surface area contributed by atoms with Gasteiger partial charge in [-0.1, -0.05) is 0 Å². The number of aromatic nitrogens is 3. The number of nitrogens with zero attached hydrogens (tertiary/aromatic N) is 2. The van der Waals surface area contributed by atoms with Gasteiger partial charge in [-0.3, -0.25) is 0 Å². The van der Waals surface area contributed by atoms with Crippen LogP contribution in [-0.4, -0.2) is 26.7 Å². The number of nitrogens with one attached hydrogen (secondary N) is 1. The summed E-state index contributed by atoms with van der Waals surface area (Å²) in [6.07, 6.45) is 1.71. The molecule has 0 saturated carbocycles. The Morgan fingerprint density at radius 1 is 1.67 bits per heavy atom. The fourth-order valence-electron chi connectivity index (χ4n) is 1.51. The van der Waals surface area contributed by atoms with Crippen molar-refractivity contribution < 1.29 is 5.11 Å². The topological polar surface area (TPSA) is 87.8 Å². The van der Waals surface area contributed by atoms with E-state index in [2.05, 4.69) is 30.9 Å². The third-order valence-electron chi connectivity index (χ3n) is 2.23. The highest BCUT2D eigenvalue weighted by molar-refractivity contribution is 9.10. The van der Waals surface area contributed by atoms with Crippen molar-refractivity contribution in [1.29, 1.82) is 0 Å². The standard InChI is InChI=1S/C9H11BrN4O/c1-4-12-2-5-7(6(11)3-15)8(10)14-9(5)13-4/h2,6,15H,3,11H2,1H3,(H,12,13,14). The van der Waals surface area contributed by atoms with E-state index in [1.54, 1.807) is 6.20 Å². The average molecular weight is 271 g/mol. The van der Waals surface area contributed by atoms with Gasteiger partial charge in [-0.05, 0) is 22.9 Å². The molecule has 1 atom stereocenters. The van der Waals surface area contributed by atoms with Gasteiger partial charge >= 0.3 is 0 Å². The Morgan fingerprint density at radius 3 is 3.07 bits per heavy atom. The van der Waals surface area contributed by atoms with E-state index in [0.29, 0.717) is 5.82 Å². The zero-order chi connectivity index (χ0) is 11.0. The summed E-state index contributed by atoms with van der Waals surface area (Å²) in [4.78, 5) is 11.4. The van der Waals surface area contributed by atoms with Gasteiger partial charge in [0.05, 0.1) is 17.3 Å². The molecule has 4 N–H and O–H groups in total. The fourth-order valence-corrected chi connectivity index (χ4v) is 2.20. The molecular formula is C9H11BrN4O. The van der Waals surface area contributed by atoms with Crippen molar-refractivity contribution in [1.82, 2.24) is 15.0 Å². The number of fused-ring (bicyclic) bond motifs is 1. The third kappa shape index (κ3) is 1.75. The zero-order valence-corrected chi connectivity index (χ0v) is 9.74. The van der Waals surface area contributed by atoms with Crippen molar-refractivity contribution in [2.24, 2.45) is 5.73 Å². The van der Waals surface area contributed by atoms with E-state index in [-0.39, 0.29) is 6.61 Å². The monoisotopic (exact) mass is 270 g/mol. The van der Waals surface area contributed by atoms with Crippen LogP contribution in [-0.2, 0) is 0 Å². The number of aromatic amines is 1. The number of rotatable bonds is 2. The number of aliphatic hydroxyl groups is 1. The molecule has 0 amide bonds. The van der Waals surface area contributed by atoms with Crippen LogP contribution in [0.3, 0.4) is 0 Å². The number of H-pyrrole nitrogens is 1. The van der Waals surface area contributed by atoms with E-state index in [4.69, 9.17) is 10.8 Å². The molecular weight excluding hydrogens is 260 g/mol. The van der Waals surface area contributed by atoms with Crippen LogP contribution in [0.15, 0.2) is 10.8 Å². The molecule has 0 radical (unpaired) electrons. The molecule has 0 aromatic carbocycles. The molecule has 2 aromatic heterocycles. The van der Waals surface area contributed by atoms with Gasteiger partial charge in [-0.15, -0.1) is 0 Å². The van der Waals surface area contributed by atoms with Gasteiger partial charge in [0, 0.05) is 17.1 Å². The molecule has 0 aliphatic rings. The highest BCUT2D eigenvalue weighted by atomic mass is 79.9. The molecule has 0 bridgehead atoms. The Labute approximate surface area is 94.9 Å². The van der Waals surface area contributed by atoms with Crippen molar-refractivity contribution in [2.45, 2.75) is 13.0 Å². The highest BCUT2D eigenvalue weighted by Crippen LogP contribution is 2.29. The van der Waals surface area contributed by atoms with E-state index in [1.807, 2.05) is 6.92 Å². The molecule has 0 spiro atoms. The first-order valence-corrected chi connectivity index (χ1v) is 5.30. The summed E-state index contributed by atoms with van der Waals surface area (Å²) in [5.74, 6) is 0.695. The van der Waals surface area contributed by atoms with Crippen molar-refractivity contribution in [3.8, 4) is 0 Å². The Bertz CT molecular complexity index is 496. The normalized spacial score (nSPS) is 13.3. The Kier molecular flexibility index (Phi) is 2.72. The smallest absolute Gasteiger partial charge is 0.142 e. The number of hydrogen-bond acceptors (Lipinski definition) is 4. The Hall–Kier alpha value is -0.980. The van der Waals surface area contributed by atoms with Gasteiger partial charge in [0.2, 0.25) is 0 Å². The van der Waals surface area contributed by atoms with Crippen LogP contribution in [0, 0.1) is 6.92 Å². The maximum Gasteiger partial charge on any atom is 0.142 e. The van der Waals surface area contributed by atoms with Crippen LogP contribution in [0.25, 0.3) is 11.0 Å². The zero-order valence-electron chi connectivity index (χ0n) is 8.16. The maximum atomic E-state index is 9.04. The summed E-state index contributed by atoms with van der Waals surface area (Å²) in [6.45, 7) is 1.71. The third-order valence-corrected chi connectivity index (χ3v) is 2.86. The number of hydrogen-bond donors (Lipinski definition) is 3. The molecule has 0 fully saturated rings. The first-order chi connectivity index (χ1) is 7.13. The molecule has 0 saturated heterocycles. The predicted octanol–water partition coefficient (Wildman–Crippen LogP) is 1.02. The lowest BCUT2D eigenvalue weighted by atomic mass is 10.1. The van der Waals surface area contributed by atoms with E-state index >= 15 is 0 Å². The Balaban J connectivity index is 2.68. The van der Waals surface area contributed by atoms with Crippen molar-refractivity contribution in [2.75, 3.05) is 6.61 Å². The molecule has 1 unspecified atom stereocenters. The van der Waals surface area contributed by atoms with Crippen molar-refractivity contribution >= 4 is 27.0 Å². The molecule has 5 nitrogen and oxygen atoms in total. The summed E-state index contributed by atoms with van der Waals surface area (Å²) in [5, 5.41) is 9.89.